The van der Waals surface area contributed by atoms with Gasteiger partial charge >= 0.3 is 5.97 Å². The van der Waals surface area contributed by atoms with E-state index < -0.39 is 17.4 Å². The molecule has 5 aliphatic rings. The van der Waals surface area contributed by atoms with Crippen LogP contribution in [0.3, 0.4) is 0 Å². The van der Waals surface area contributed by atoms with Gasteiger partial charge in [-0.25, -0.2) is 14.6 Å². The number of allylic oxidation sites excluding steroid dienone is 1. The number of hydrogen-bond acceptors (Lipinski definition) is 8. The van der Waals surface area contributed by atoms with Gasteiger partial charge in [0, 0.05) is 34.2 Å². The highest BCUT2D eigenvalue weighted by molar-refractivity contribution is 5.73. The number of carboxylic acid groups (broad SMARTS) is 1. The van der Waals surface area contributed by atoms with E-state index >= 15 is 0 Å². The van der Waals surface area contributed by atoms with Gasteiger partial charge in [-0.1, -0.05) is 74.0 Å². The molecule has 3 saturated carbocycles. The van der Waals surface area contributed by atoms with Crippen molar-refractivity contribution >= 4 is 5.97 Å². The Kier molecular flexibility index (Phi) is 9.78. The van der Waals surface area contributed by atoms with Crippen LogP contribution in [0.1, 0.15) is 114 Å². The summed E-state index contributed by atoms with van der Waals surface area (Å²) < 4.78 is 21.6. The zero-order valence-electron chi connectivity index (χ0n) is 34.8. The van der Waals surface area contributed by atoms with E-state index in [0.29, 0.717) is 43.5 Å². The molecule has 4 aliphatic carbocycles. The largest absolute Gasteiger partial charge is 0.481 e. The molecule has 7 rings (SSSR count). The lowest BCUT2D eigenvalue weighted by Crippen LogP contribution is -2.69. The molecule has 4 fully saturated rings. The highest BCUT2D eigenvalue weighted by atomic mass is 16.5. The molecule has 10 heteroatoms. The van der Waals surface area contributed by atoms with Gasteiger partial charge in [-0.2, -0.15) is 5.10 Å². The first-order chi connectivity index (χ1) is 25.3. The molecule has 2 bridgehead atoms. The van der Waals surface area contributed by atoms with Gasteiger partial charge in [-0.3, -0.25) is 4.79 Å². The monoisotopic (exact) mass is 746 g/mol. The summed E-state index contributed by atoms with van der Waals surface area (Å²) in [6, 6.07) is 3.73. The zero-order chi connectivity index (χ0) is 39.2. The van der Waals surface area contributed by atoms with Crippen molar-refractivity contribution in [2.45, 2.75) is 125 Å². The number of carbonyl (C=O) groups is 1. The number of aromatic nitrogens is 4. The Morgan fingerprint density at radius 3 is 2.50 bits per heavy atom. The Morgan fingerprint density at radius 2 is 1.83 bits per heavy atom. The van der Waals surface area contributed by atoms with E-state index in [9.17, 15) is 9.90 Å². The number of carboxylic acids is 1. The van der Waals surface area contributed by atoms with Crippen molar-refractivity contribution < 1.29 is 24.1 Å². The number of methoxy groups -OCH3 is 1. The number of pyridine rings is 1. The Bertz CT molecular complexity index is 1770. The summed E-state index contributed by atoms with van der Waals surface area (Å²) in [5, 5.41) is 16.1. The van der Waals surface area contributed by atoms with Crippen LogP contribution >= 0.6 is 0 Å². The lowest BCUT2D eigenvalue weighted by molar-refractivity contribution is -0.252. The number of rotatable bonds is 10. The minimum atomic E-state index is -0.631. The number of ether oxygens (including phenoxy) is 3. The third kappa shape index (κ3) is 5.57. The smallest absolute Gasteiger partial charge is 0.307 e. The average Bonchev–Trinajstić information content (AvgIpc) is 3.61. The van der Waals surface area contributed by atoms with Crippen molar-refractivity contribution in [1.82, 2.24) is 19.7 Å². The number of aliphatic carboxylic acids is 1. The van der Waals surface area contributed by atoms with E-state index in [2.05, 4.69) is 85.0 Å². The second-order valence-electron chi connectivity index (χ2n) is 20.1. The van der Waals surface area contributed by atoms with E-state index in [1.807, 2.05) is 12.1 Å². The van der Waals surface area contributed by atoms with Crippen LogP contribution in [-0.2, 0) is 14.3 Å². The highest BCUT2D eigenvalue weighted by Gasteiger charge is 2.72. The highest BCUT2D eigenvalue weighted by Crippen LogP contribution is 2.75. The number of nitrogens with two attached hydrogens (primary N) is 1. The number of nitrogens with zero attached hydrogens (tertiary/aromatic N) is 4. The van der Waals surface area contributed by atoms with E-state index in [-0.39, 0.29) is 51.1 Å². The molecule has 1 aliphatic heterocycles. The maximum atomic E-state index is 13.6. The van der Waals surface area contributed by atoms with Gasteiger partial charge in [0.25, 0.3) is 0 Å². The fourth-order valence-corrected chi connectivity index (χ4v) is 12.9. The van der Waals surface area contributed by atoms with Crippen LogP contribution < -0.4 is 10.5 Å². The standard InChI is InChI=1S/C44H67N5O5/c1-26(2)28(5)39(6)17-18-41(8)30-12-13-33-40(7)22-53-24-44(33,31(30)14-16-42(41,9)35(39)38(50)51)21-32(36(40)54-23-43(10,45)27(3)4)49-37(47-25-48-49)29-15-19-46-34(20-29)52-11/h14-15,19-20,25-28,30,32-33,35-36H,12-13,16-18,21-24,45H2,1-11H3,(H,50,51)/t28-,30+,32-,33+,35-,36+,39-,40-,41-,42+,43+,44+/m1/s1. The van der Waals surface area contributed by atoms with E-state index in [1.165, 1.54) is 5.57 Å². The van der Waals surface area contributed by atoms with Crippen molar-refractivity contribution in [3.05, 3.63) is 36.3 Å². The molecule has 54 heavy (non-hydrogen) atoms. The number of fused-ring (bicyclic) bond motifs is 3. The molecule has 1 saturated heterocycles. The van der Waals surface area contributed by atoms with Gasteiger partial charge in [-0.15, -0.1) is 0 Å². The first kappa shape index (κ1) is 39.4. The Labute approximate surface area is 323 Å². The summed E-state index contributed by atoms with van der Waals surface area (Å²) >= 11 is 0. The maximum absolute atomic E-state index is 13.6. The van der Waals surface area contributed by atoms with Gasteiger partial charge in [0.05, 0.1) is 45.0 Å². The molecule has 12 atom stereocenters. The van der Waals surface area contributed by atoms with Crippen LogP contribution in [0.4, 0.5) is 0 Å². The van der Waals surface area contributed by atoms with Gasteiger partial charge in [-0.05, 0) is 97.3 Å². The van der Waals surface area contributed by atoms with Crippen LogP contribution in [0.15, 0.2) is 36.3 Å². The third-order valence-electron chi connectivity index (χ3n) is 17.1. The van der Waals surface area contributed by atoms with Gasteiger partial charge in [0.1, 0.15) is 6.33 Å². The summed E-state index contributed by atoms with van der Waals surface area (Å²) in [4.78, 5) is 22.8. The minimum Gasteiger partial charge on any atom is -0.481 e. The van der Waals surface area contributed by atoms with E-state index in [1.54, 1.807) is 19.6 Å². The predicted octanol–water partition coefficient (Wildman–Crippen LogP) is 8.24. The lowest BCUT2D eigenvalue weighted by Gasteiger charge is -2.71. The molecule has 0 radical (unpaired) electrons. The number of hydrogen-bond donors (Lipinski definition) is 2. The van der Waals surface area contributed by atoms with Crippen LogP contribution in [0.25, 0.3) is 11.4 Å². The molecule has 10 nitrogen and oxygen atoms in total. The Balaban J connectivity index is 1.36. The average molecular weight is 746 g/mol. The quantitative estimate of drug-likeness (QED) is 0.231. The molecule has 3 heterocycles. The summed E-state index contributed by atoms with van der Waals surface area (Å²) in [6.07, 6.45) is 11.3. The van der Waals surface area contributed by atoms with Gasteiger partial charge in [0.15, 0.2) is 5.82 Å². The topological polar surface area (TPSA) is 135 Å². The summed E-state index contributed by atoms with van der Waals surface area (Å²) in [7, 11) is 1.63. The van der Waals surface area contributed by atoms with Crippen molar-refractivity contribution in [3.63, 3.8) is 0 Å². The van der Waals surface area contributed by atoms with Crippen LogP contribution in [0, 0.1) is 62.6 Å². The predicted molar refractivity (Wildman–Crippen MR) is 210 cm³/mol. The van der Waals surface area contributed by atoms with Crippen LogP contribution in [0.2, 0.25) is 0 Å². The second-order valence-corrected chi connectivity index (χ2v) is 20.1. The molecule has 2 aromatic heterocycles. The van der Waals surface area contributed by atoms with Crippen LogP contribution in [-0.4, -0.2) is 69.4 Å². The molecular weight excluding hydrogens is 679 g/mol. The van der Waals surface area contributed by atoms with Gasteiger partial charge in [0.2, 0.25) is 5.88 Å². The molecule has 0 unspecified atom stereocenters. The summed E-state index contributed by atoms with van der Waals surface area (Å²) in [6.45, 7) is 24.3. The fourth-order valence-electron chi connectivity index (χ4n) is 12.9. The van der Waals surface area contributed by atoms with Crippen molar-refractivity contribution in [3.8, 4) is 17.3 Å². The first-order valence-electron chi connectivity index (χ1n) is 20.6. The molecule has 0 amide bonds. The second kappa shape index (κ2) is 13.4. The van der Waals surface area contributed by atoms with Crippen molar-refractivity contribution in [2.24, 2.45) is 68.3 Å². The van der Waals surface area contributed by atoms with E-state index in [4.69, 9.17) is 30.0 Å². The SMILES string of the molecule is COc1cc(-c2ncnn2[C@@H]2C[C@@]34COC[C@](C)([C@@H]3CC[C@H]3C4=CC[C@@]4(C)[C@H](C(=O)O)[C@@](C)([C@H](C)C(C)C)CC[C@]34C)[C@H]2OC[C@](C)(N)C(C)C)ccn1. The molecule has 298 valence electrons. The molecule has 2 aromatic rings. The van der Waals surface area contributed by atoms with Crippen molar-refractivity contribution in [1.29, 1.82) is 0 Å². The minimum absolute atomic E-state index is 0.149. The molecule has 0 spiro atoms. The Hall–Kier alpha value is -2.82. The van der Waals surface area contributed by atoms with Crippen LogP contribution in [0.5, 0.6) is 5.88 Å². The van der Waals surface area contributed by atoms with Crippen molar-refractivity contribution in [2.75, 3.05) is 26.9 Å². The third-order valence-corrected chi connectivity index (χ3v) is 17.1. The van der Waals surface area contributed by atoms with E-state index in [0.717, 1.165) is 49.9 Å². The summed E-state index contributed by atoms with van der Waals surface area (Å²) in [5.41, 5.74) is 7.35. The molecule has 3 N–H and O–H groups in total. The molecular formula is C44H67N5O5. The zero-order valence-corrected chi connectivity index (χ0v) is 34.8. The first-order valence-corrected chi connectivity index (χ1v) is 20.6. The summed E-state index contributed by atoms with van der Waals surface area (Å²) in [5.74, 6) is 1.75. The Morgan fingerprint density at radius 1 is 1.09 bits per heavy atom. The normalized spacial score (nSPS) is 40.6. The molecule has 0 aromatic carbocycles. The van der Waals surface area contributed by atoms with Gasteiger partial charge < -0.3 is 25.1 Å². The fraction of sp³-hybridized carbons (Fsp3) is 0.773. The maximum Gasteiger partial charge on any atom is 0.307 e. The lowest BCUT2D eigenvalue weighted by atomic mass is 9.34.